The fourth-order valence-electron chi connectivity index (χ4n) is 3.20. The normalized spacial score (nSPS) is 20.8. The molecular weight excluding hydrogens is 332 g/mol. The van der Waals surface area contributed by atoms with Crippen molar-refractivity contribution in [1.82, 2.24) is 5.32 Å². The van der Waals surface area contributed by atoms with Crippen molar-refractivity contribution in [3.05, 3.63) is 23.8 Å². The first-order valence-electron chi connectivity index (χ1n) is 7.98. The third-order valence-electron chi connectivity index (χ3n) is 4.56. The van der Waals surface area contributed by atoms with Crippen molar-refractivity contribution >= 4 is 18.3 Å². The van der Waals surface area contributed by atoms with E-state index >= 15 is 0 Å². The van der Waals surface area contributed by atoms with E-state index in [4.69, 9.17) is 15.2 Å². The molecular formula is C17H27ClN2O4. The number of hydrogen-bond donors (Lipinski definition) is 3. The molecule has 0 bridgehead atoms. The summed E-state index contributed by atoms with van der Waals surface area (Å²) in [4.78, 5) is 12.3. The lowest BCUT2D eigenvalue weighted by atomic mass is 9.95. The molecule has 1 aromatic carbocycles. The Morgan fingerprint density at radius 1 is 1.38 bits per heavy atom. The van der Waals surface area contributed by atoms with Crippen LogP contribution in [0, 0.1) is 11.8 Å². The smallest absolute Gasteiger partial charge is 0.223 e. The third kappa shape index (κ3) is 4.75. The number of aliphatic hydroxyl groups excluding tert-OH is 1. The minimum atomic E-state index is -0.860. The van der Waals surface area contributed by atoms with Crippen LogP contribution in [0.4, 0.5) is 0 Å². The Kier molecular flexibility index (Phi) is 8.31. The number of ether oxygens (including phenoxy) is 2. The van der Waals surface area contributed by atoms with Gasteiger partial charge in [-0.05, 0) is 43.5 Å². The quantitative estimate of drug-likeness (QED) is 0.689. The van der Waals surface area contributed by atoms with E-state index in [1.165, 1.54) is 0 Å². The molecule has 1 aromatic rings. The first kappa shape index (κ1) is 20.5. The summed E-state index contributed by atoms with van der Waals surface area (Å²) >= 11 is 0. The van der Waals surface area contributed by atoms with E-state index < -0.39 is 6.10 Å². The van der Waals surface area contributed by atoms with E-state index in [1.807, 2.05) is 0 Å². The van der Waals surface area contributed by atoms with E-state index in [2.05, 4.69) is 5.32 Å². The van der Waals surface area contributed by atoms with Gasteiger partial charge in [-0.3, -0.25) is 4.79 Å². The molecule has 0 aromatic heterocycles. The van der Waals surface area contributed by atoms with Gasteiger partial charge < -0.3 is 25.6 Å². The Bertz CT molecular complexity index is 541. The summed E-state index contributed by atoms with van der Waals surface area (Å²) in [6, 6.07) is 5.21. The number of rotatable bonds is 7. The van der Waals surface area contributed by atoms with Crippen molar-refractivity contribution in [2.45, 2.75) is 25.4 Å². The molecule has 2 rings (SSSR count). The molecule has 1 saturated carbocycles. The topological polar surface area (TPSA) is 93.8 Å². The molecule has 1 unspecified atom stereocenters. The Balaban J connectivity index is 0.00000288. The van der Waals surface area contributed by atoms with Crippen LogP contribution < -0.4 is 20.5 Å². The lowest BCUT2D eigenvalue weighted by Crippen LogP contribution is -2.37. The number of methoxy groups -OCH3 is 2. The molecule has 0 radical (unpaired) electrons. The van der Waals surface area contributed by atoms with E-state index in [0.29, 0.717) is 23.6 Å². The fraction of sp³-hybridized carbons (Fsp3) is 0.588. The lowest BCUT2D eigenvalue weighted by molar-refractivity contribution is -0.126. The molecule has 1 aliphatic rings. The summed E-state index contributed by atoms with van der Waals surface area (Å²) in [5, 5.41) is 13.2. The Morgan fingerprint density at radius 2 is 2.12 bits per heavy atom. The second kappa shape index (κ2) is 9.71. The van der Waals surface area contributed by atoms with Gasteiger partial charge in [0, 0.05) is 18.0 Å². The van der Waals surface area contributed by atoms with Crippen molar-refractivity contribution in [1.29, 1.82) is 0 Å². The second-order valence-electron chi connectivity index (χ2n) is 5.90. The van der Waals surface area contributed by atoms with Gasteiger partial charge in [0.15, 0.2) is 0 Å². The number of benzene rings is 1. The monoisotopic (exact) mass is 358 g/mol. The number of halogens is 1. The van der Waals surface area contributed by atoms with Crippen LogP contribution in [-0.4, -0.2) is 38.3 Å². The molecule has 1 aliphatic carbocycles. The highest BCUT2D eigenvalue weighted by Crippen LogP contribution is 2.32. The molecule has 0 spiro atoms. The largest absolute Gasteiger partial charge is 0.497 e. The molecule has 4 N–H and O–H groups in total. The summed E-state index contributed by atoms with van der Waals surface area (Å²) in [6.45, 7) is 0.667. The van der Waals surface area contributed by atoms with Crippen molar-refractivity contribution in [2.24, 2.45) is 17.6 Å². The zero-order valence-electron chi connectivity index (χ0n) is 14.2. The van der Waals surface area contributed by atoms with Crippen molar-refractivity contribution < 1.29 is 19.4 Å². The molecule has 1 amide bonds. The van der Waals surface area contributed by atoms with Gasteiger partial charge in [-0.1, -0.05) is 6.42 Å². The minimum absolute atomic E-state index is 0. The zero-order chi connectivity index (χ0) is 16.8. The first-order valence-corrected chi connectivity index (χ1v) is 7.98. The number of carbonyl (C=O) groups is 1. The van der Waals surface area contributed by atoms with Gasteiger partial charge in [-0.15, -0.1) is 12.4 Å². The highest BCUT2D eigenvalue weighted by atomic mass is 35.5. The molecule has 0 saturated heterocycles. The van der Waals surface area contributed by atoms with Crippen LogP contribution in [0.25, 0.3) is 0 Å². The molecule has 3 atom stereocenters. The fourth-order valence-corrected chi connectivity index (χ4v) is 3.20. The van der Waals surface area contributed by atoms with Crippen LogP contribution >= 0.6 is 12.4 Å². The van der Waals surface area contributed by atoms with Crippen molar-refractivity contribution in [2.75, 3.05) is 27.3 Å². The Morgan fingerprint density at radius 3 is 2.75 bits per heavy atom. The van der Waals surface area contributed by atoms with Gasteiger partial charge in [0.25, 0.3) is 0 Å². The third-order valence-corrected chi connectivity index (χ3v) is 4.56. The summed E-state index contributed by atoms with van der Waals surface area (Å²) in [6.07, 6.45) is 2.04. The summed E-state index contributed by atoms with van der Waals surface area (Å²) in [5.74, 6) is 1.37. The average molecular weight is 359 g/mol. The number of nitrogens with two attached hydrogens (primary N) is 1. The van der Waals surface area contributed by atoms with Gasteiger partial charge in [-0.2, -0.15) is 0 Å². The predicted octanol–water partition coefficient (Wildman–Crippen LogP) is 1.65. The van der Waals surface area contributed by atoms with Crippen LogP contribution in [0.15, 0.2) is 18.2 Å². The maximum Gasteiger partial charge on any atom is 0.223 e. The number of amides is 1. The molecule has 7 heteroatoms. The van der Waals surface area contributed by atoms with Crippen molar-refractivity contribution in [3.63, 3.8) is 0 Å². The minimum Gasteiger partial charge on any atom is -0.497 e. The maximum absolute atomic E-state index is 12.3. The molecule has 24 heavy (non-hydrogen) atoms. The standard InChI is InChI=1S/C17H26N2O4.ClH/c1-22-12-6-7-16(23-2)14(8-12)15(20)10-19-17(21)13-5-3-4-11(13)9-18;/h6-8,11,13,15,20H,3-5,9-10,18H2,1-2H3,(H,19,21);1H/t11-,13-,15?;/m1./s1. The van der Waals surface area contributed by atoms with E-state index in [9.17, 15) is 9.90 Å². The number of carbonyl (C=O) groups excluding carboxylic acids is 1. The van der Waals surface area contributed by atoms with Gasteiger partial charge in [0.1, 0.15) is 11.5 Å². The second-order valence-corrected chi connectivity index (χ2v) is 5.90. The van der Waals surface area contributed by atoms with Crippen LogP contribution in [0.3, 0.4) is 0 Å². The van der Waals surface area contributed by atoms with Gasteiger partial charge >= 0.3 is 0 Å². The molecule has 0 heterocycles. The molecule has 0 aliphatic heterocycles. The van der Waals surface area contributed by atoms with Gasteiger partial charge in [0.05, 0.1) is 20.3 Å². The van der Waals surface area contributed by atoms with Crippen molar-refractivity contribution in [3.8, 4) is 11.5 Å². The van der Waals surface area contributed by atoms with Crippen LogP contribution in [0.5, 0.6) is 11.5 Å². The Hall–Kier alpha value is -1.50. The number of hydrogen-bond acceptors (Lipinski definition) is 5. The highest BCUT2D eigenvalue weighted by molar-refractivity contribution is 5.85. The first-order chi connectivity index (χ1) is 11.1. The van der Waals surface area contributed by atoms with E-state index in [-0.39, 0.29) is 36.7 Å². The summed E-state index contributed by atoms with van der Waals surface area (Å²) in [5.41, 5.74) is 6.31. The Labute approximate surface area is 149 Å². The summed E-state index contributed by atoms with van der Waals surface area (Å²) < 4.78 is 10.4. The maximum atomic E-state index is 12.3. The van der Waals surface area contributed by atoms with Crippen LogP contribution in [-0.2, 0) is 4.79 Å². The summed E-state index contributed by atoms with van der Waals surface area (Å²) in [7, 11) is 3.10. The number of nitrogens with one attached hydrogen (secondary N) is 1. The number of aliphatic hydroxyl groups is 1. The predicted molar refractivity (Wildman–Crippen MR) is 94.6 cm³/mol. The lowest BCUT2D eigenvalue weighted by Gasteiger charge is -2.20. The van der Waals surface area contributed by atoms with E-state index in [1.54, 1.807) is 32.4 Å². The molecule has 136 valence electrons. The SMILES string of the molecule is COc1ccc(OC)c(C(O)CNC(=O)[C@@H]2CCC[C@@H]2CN)c1.Cl. The van der Waals surface area contributed by atoms with Crippen LogP contribution in [0.1, 0.15) is 30.9 Å². The highest BCUT2D eigenvalue weighted by Gasteiger charge is 2.32. The average Bonchev–Trinajstić information content (AvgIpc) is 3.07. The van der Waals surface area contributed by atoms with Gasteiger partial charge in [0.2, 0.25) is 5.91 Å². The molecule has 1 fully saturated rings. The van der Waals surface area contributed by atoms with E-state index in [0.717, 1.165) is 19.3 Å². The molecule has 6 nitrogen and oxygen atoms in total. The zero-order valence-corrected chi connectivity index (χ0v) is 15.0. The van der Waals surface area contributed by atoms with Gasteiger partial charge in [-0.25, -0.2) is 0 Å². The van der Waals surface area contributed by atoms with Crippen LogP contribution in [0.2, 0.25) is 0 Å².